The maximum absolute atomic E-state index is 14.2. The van der Waals surface area contributed by atoms with E-state index in [0.29, 0.717) is 5.56 Å². The number of aliphatic hydroxyl groups excluding tert-OH is 4. The molecule has 1 aliphatic heterocycles. The van der Waals surface area contributed by atoms with Crippen molar-refractivity contribution in [2.75, 3.05) is 20.8 Å². The van der Waals surface area contributed by atoms with Crippen LogP contribution >= 0.6 is 0 Å². The third kappa shape index (κ3) is 5.54. The summed E-state index contributed by atoms with van der Waals surface area (Å²) in [6.45, 7) is -0.619. The topological polar surface area (TPSA) is 213 Å². The Balaban J connectivity index is 1.62. The summed E-state index contributed by atoms with van der Waals surface area (Å²) in [4.78, 5) is 32.1. The highest BCUT2D eigenvalue weighted by Crippen LogP contribution is 2.45. The Hall–Kier alpha value is -3.75. The number of nitrogens with one attached hydrogen (secondary N) is 1. The van der Waals surface area contributed by atoms with Crippen molar-refractivity contribution >= 4 is 17.5 Å². The van der Waals surface area contributed by atoms with Crippen molar-refractivity contribution in [2.24, 2.45) is 10.7 Å². The van der Waals surface area contributed by atoms with Crippen LogP contribution in [0.2, 0.25) is 0 Å². The molecule has 0 unspecified atom stereocenters. The molecule has 5 atom stereocenters. The quantitative estimate of drug-likeness (QED) is 0.146. The lowest BCUT2D eigenvalue weighted by Crippen LogP contribution is -2.60. The zero-order valence-electron chi connectivity index (χ0n) is 23.9. The van der Waals surface area contributed by atoms with Gasteiger partial charge in [-0.15, -0.1) is 0 Å². The van der Waals surface area contributed by atoms with Gasteiger partial charge >= 0.3 is 0 Å². The molecule has 1 saturated heterocycles. The summed E-state index contributed by atoms with van der Waals surface area (Å²) in [6, 6.07) is 4.39. The summed E-state index contributed by atoms with van der Waals surface area (Å²) < 4.78 is 16.7. The number of fused-ring (bicyclic) bond motifs is 2. The molecule has 2 fully saturated rings. The monoisotopic (exact) mass is 599 g/mol. The number of hydrogen-bond donors (Lipinski definition) is 7. The highest BCUT2D eigenvalue weighted by molar-refractivity contribution is 6.30. The number of nitrogens with zero attached hydrogens (tertiary/aromatic N) is 1. The van der Waals surface area contributed by atoms with Crippen LogP contribution in [0, 0.1) is 0 Å². The Bertz CT molecular complexity index is 1440. The molecule has 1 heterocycles. The third-order valence-corrected chi connectivity index (χ3v) is 8.52. The van der Waals surface area contributed by atoms with Crippen molar-refractivity contribution in [1.29, 1.82) is 0 Å². The Morgan fingerprint density at radius 3 is 2.37 bits per heavy atom. The first-order valence-corrected chi connectivity index (χ1v) is 14.2. The van der Waals surface area contributed by atoms with Crippen LogP contribution in [0.15, 0.2) is 23.2 Å². The molecule has 13 nitrogen and oxygen atoms in total. The van der Waals surface area contributed by atoms with Crippen molar-refractivity contribution in [3.05, 3.63) is 51.6 Å². The molecule has 8 N–H and O–H groups in total. The fourth-order valence-electron chi connectivity index (χ4n) is 6.13. The molecule has 2 aromatic rings. The fourth-order valence-corrected chi connectivity index (χ4v) is 6.13. The van der Waals surface area contributed by atoms with E-state index in [4.69, 9.17) is 19.9 Å². The molecule has 1 saturated carbocycles. The lowest BCUT2D eigenvalue weighted by Gasteiger charge is -2.40. The highest BCUT2D eigenvalue weighted by Gasteiger charge is 2.46. The van der Waals surface area contributed by atoms with Gasteiger partial charge in [0.25, 0.3) is 0 Å². The molecule has 0 spiro atoms. The first kappa shape index (κ1) is 30.7. The number of aliphatic imine (C=N–C) groups is 1. The summed E-state index contributed by atoms with van der Waals surface area (Å²) in [5.74, 6) is -1.45. The molecule has 0 aromatic heterocycles. The molecule has 3 aliphatic rings. The van der Waals surface area contributed by atoms with Crippen molar-refractivity contribution in [3.63, 3.8) is 0 Å². The van der Waals surface area contributed by atoms with Gasteiger partial charge in [-0.1, -0.05) is 19.3 Å². The highest BCUT2D eigenvalue weighted by atomic mass is 16.7. The number of aliphatic hydroxyl groups is 4. The van der Waals surface area contributed by atoms with Gasteiger partial charge in [0.1, 0.15) is 41.7 Å². The lowest BCUT2D eigenvalue weighted by atomic mass is 9.76. The molecular formula is C30H37N3O10. The number of carbonyl (C=O) groups excluding carboxylic acids is 2. The van der Waals surface area contributed by atoms with E-state index in [1.54, 1.807) is 6.07 Å². The minimum Gasteiger partial charge on any atom is -0.507 e. The van der Waals surface area contributed by atoms with Crippen LogP contribution in [-0.2, 0) is 11.3 Å². The molecule has 0 amide bonds. The van der Waals surface area contributed by atoms with Gasteiger partial charge in [-0.25, -0.2) is 0 Å². The zero-order valence-corrected chi connectivity index (χ0v) is 23.9. The van der Waals surface area contributed by atoms with Crippen molar-refractivity contribution in [1.82, 2.24) is 5.32 Å². The predicted molar refractivity (Wildman–Crippen MR) is 153 cm³/mol. The average molecular weight is 600 g/mol. The molecule has 2 aromatic carbocycles. The Labute approximate surface area is 247 Å². The number of rotatable bonds is 7. The largest absolute Gasteiger partial charge is 0.507 e. The number of ketones is 2. The molecule has 5 rings (SSSR count). The minimum absolute atomic E-state index is 0.0429. The first-order valence-electron chi connectivity index (χ1n) is 14.2. The fraction of sp³-hybridized carbons (Fsp3) is 0.500. The van der Waals surface area contributed by atoms with E-state index in [1.807, 2.05) is 0 Å². The zero-order chi connectivity index (χ0) is 31.0. The van der Waals surface area contributed by atoms with Gasteiger partial charge in [0.05, 0.1) is 24.8 Å². The maximum atomic E-state index is 14.2. The second-order valence-electron chi connectivity index (χ2n) is 11.0. The Morgan fingerprint density at radius 1 is 1.02 bits per heavy atom. The number of phenols is 1. The van der Waals surface area contributed by atoms with Crippen LogP contribution in [0.1, 0.15) is 81.0 Å². The van der Waals surface area contributed by atoms with Crippen molar-refractivity contribution in [2.45, 2.75) is 75.3 Å². The molecule has 0 bridgehead atoms. The average Bonchev–Trinajstić information content (AvgIpc) is 3.02. The number of carbonyl (C=O) groups is 2. The normalized spacial score (nSPS) is 26.1. The number of nitrogens with two attached hydrogens (primary N) is 1. The SMILES string of the molecule is CN=C(N)NCc1c(C2CCCCC2)cc2c(c1O)C(=O)c1c(O[C@@H]3O[C@H](CO)[C@@H](O)[C@H](O)[C@H]3O)cc(OC)cc1C2=O. The Kier molecular flexibility index (Phi) is 8.90. The van der Waals surface area contributed by atoms with Gasteiger partial charge in [0, 0.05) is 36.3 Å². The van der Waals surface area contributed by atoms with Gasteiger partial charge in [0.15, 0.2) is 11.7 Å². The second-order valence-corrected chi connectivity index (χ2v) is 11.0. The van der Waals surface area contributed by atoms with Crippen LogP contribution < -0.4 is 20.5 Å². The number of guanidine groups is 1. The summed E-state index contributed by atoms with van der Waals surface area (Å²) in [7, 11) is 2.88. The number of aromatic hydroxyl groups is 1. The standard InChI is InChI=1S/C30H37N3O10/c1-32-30(31)33-11-18-15(13-6-4-3-5-7-13)10-17-22(24(18)36)26(38)21-16(23(17)35)8-14(41-2)9-19(21)42-29-28(40)27(39)25(37)20(12-34)43-29/h8-10,13,20,25,27-29,34,36-37,39-40H,3-7,11-12H2,1-2H3,(H3,31,32,33)/t20-,25-,27+,28-,29-/m1/s1. The molecule has 232 valence electrons. The second kappa shape index (κ2) is 12.5. The van der Waals surface area contributed by atoms with Gasteiger partial charge in [-0.05, 0) is 36.5 Å². The van der Waals surface area contributed by atoms with E-state index in [2.05, 4.69) is 10.3 Å². The van der Waals surface area contributed by atoms with E-state index in [-0.39, 0.29) is 57.9 Å². The number of hydrogen-bond acceptors (Lipinski definition) is 11. The number of benzene rings is 2. The van der Waals surface area contributed by atoms with Gasteiger partial charge in [-0.2, -0.15) is 0 Å². The lowest BCUT2D eigenvalue weighted by molar-refractivity contribution is -0.277. The van der Waals surface area contributed by atoms with E-state index < -0.39 is 48.9 Å². The smallest absolute Gasteiger partial charge is 0.229 e. The van der Waals surface area contributed by atoms with Crippen LogP contribution in [0.4, 0.5) is 0 Å². The van der Waals surface area contributed by atoms with Gasteiger partial charge in [0.2, 0.25) is 12.1 Å². The van der Waals surface area contributed by atoms with E-state index in [9.17, 15) is 35.1 Å². The predicted octanol–water partition coefficient (Wildman–Crippen LogP) is 0.437. The van der Waals surface area contributed by atoms with Crippen LogP contribution in [-0.4, -0.2) is 94.5 Å². The van der Waals surface area contributed by atoms with Crippen molar-refractivity contribution < 1.29 is 49.3 Å². The molecule has 2 aliphatic carbocycles. The third-order valence-electron chi connectivity index (χ3n) is 8.52. The number of methoxy groups -OCH3 is 1. The minimum atomic E-state index is -1.77. The van der Waals surface area contributed by atoms with Gasteiger partial charge in [-0.3, -0.25) is 14.6 Å². The summed E-state index contributed by atoms with van der Waals surface area (Å²) in [5.41, 5.74) is 6.65. The van der Waals surface area contributed by atoms with E-state index in [0.717, 1.165) is 37.7 Å². The van der Waals surface area contributed by atoms with Crippen molar-refractivity contribution in [3.8, 4) is 17.2 Å². The van der Waals surface area contributed by atoms with Crippen LogP contribution in [0.25, 0.3) is 0 Å². The summed E-state index contributed by atoms with van der Waals surface area (Å²) in [6.07, 6.45) is -3.18. The first-order chi connectivity index (χ1) is 20.6. The molecule has 0 radical (unpaired) electrons. The molecule has 13 heteroatoms. The summed E-state index contributed by atoms with van der Waals surface area (Å²) in [5, 5.41) is 55.1. The molecular weight excluding hydrogens is 562 g/mol. The number of phenolic OH excluding ortho intramolecular Hbond substituents is 1. The molecule has 43 heavy (non-hydrogen) atoms. The Morgan fingerprint density at radius 2 is 1.72 bits per heavy atom. The van der Waals surface area contributed by atoms with Gasteiger partial charge < -0.3 is 50.8 Å². The maximum Gasteiger partial charge on any atom is 0.229 e. The summed E-state index contributed by atoms with van der Waals surface area (Å²) >= 11 is 0. The van der Waals surface area contributed by atoms with E-state index in [1.165, 1.54) is 26.3 Å². The van der Waals surface area contributed by atoms with Crippen LogP contribution in [0.3, 0.4) is 0 Å². The van der Waals surface area contributed by atoms with E-state index >= 15 is 0 Å². The number of ether oxygens (including phenoxy) is 3. The van der Waals surface area contributed by atoms with Crippen LogP contribution in [0.5, 0.6) is 17.2 Å².